The first-order valence-corrected chi connectivity index (χ1v) is 23.7. The van der Waals surface area contributed by atoms with Gasteiger partial charge in [-0.1, -0.05) is 114 Å². The van der Waals surface area contributed by atoms with E-state index < -0.39 is 0 Å². The molecule has 2 fully saturated rings. The third-order valence-electron chi connectivity index (χ3n) is 10.6. The maximum Gasteiger partial charge on any atom is 0.309 e. The summed E-state index contributed by atoms with van der Waals surface area (Å²) in [5.41, 5.74) is 4.21. The molecular formula is C46H42Br2Cl4N2O6S. The quantitative estimate of drug-likeness (QED) is 0.103. The van der Waals surface area contributed by atoms with Gasteiger partial charge in [0.05, 0.1) is 45.1 Å². The summed E-state index contributed by atoms with van der Waals surface area (Å²) in [4.78, 5) is 56.0. The average molecular weight is 1050 g/mol. The van der Waals surface area contributed by atoms with Gasteiger partial charge in [0.2, 0.25) is 11.8 Å². The van der Waals surface area contributed by atoms with Crippen molar-refractivity contribution in [2.24, 2.45) is 11.8 Å². The van der Waals surface area contributed by atoms with Crippen molar-refractivity contribution >= 4 is 126 Å². The van der Waals surface area contributed by atoms with Gasteiger partial charge in [0, 0.05) is 68.2 Å². The summed E-state index contributed by atoms with van der Waals surface area (Å²) in [6.45, 7) is 5.95. The number of likely N-dealkylation sites (tertiary alicyclic amines) is 2. The van der Waals surface area contributed by atoms with Crippen LogP contribution in [0.25, 0.3) is 34.4 Å². The molecule has 0 unspecified atom stereocenters. The highest BCUT2D eigenvalue weighted by Gasteiger charge is 2.29. The minimum atomic E-state index is -0.225. The number of carbonyl (C=O) groups is 4. The van der Waals surface area contributed by atoms with Crippen LogP contribution < -0.4 is 0 Å². The molecule has 15 heteroatoms. The Bertz CT molecular complexity index is 2220. The predicted octanol–water partition coefficient (Wildman–Crippen LogP) is 12.9. The lowest BCUT2D eigenvalue weighted by Crippen LogP contribution is -2.39. The van der Waals surface area contributed by atoms with Crippen molar-refractivity contribution in [2.75, 3.05) is 39.4 Å². The number of amides is 2. The Labute approximate surface area is 397 Å². The number of piperidine rings is 2. The summed E-state index contributed by atoms with van der Waals surface area (Å²) < 4.78 is 12.1. The molecule has 2 aliphatic rings. The number of benzene rings is 4. The van der Waals surface area contributed by atoms with Gasteiger partial charge < -0.3 is 19.3 Å². The van der Waals surface area contributed by atoms with Crippen LogP contribution in [0.2, 0.25) is 20.1 Å². The largest absolute Gasteiger partial charge is 0.466 e. The molecule has 61 heavy (non-hydrogen) atoms. The van der Waals surface area contributed by atoms with Gasteiger partial charge in [-0.25, -0.2) is 0 Å². The molecule has 0 spiro atoms. The summed E-state index contributed by atoms with van der Waals surface area (Å²) >= 11 is 36.8. The van der Waals surface area contributed by atoms with Crippen molar-refractivity contribution in [3.8, 4) is 22.3 Å². The highest BCUT2D eigenvalue weighted by atomic mass is 79.9. The molecule has 8 nitrogen and oxygen atoms in total. The zero-order chi connectivity index (χ0) is 43.8. The van der Waals surface area contributed by atoms with Crippen molar-refractivity contribution in [3.63, 3.8) is 0 Å². The molecule has 0 N–H and O–H groups in total. The minimum Gasteiger partial charge on any atom is -0.466 e. The molecule has 0 bridgehead atoms. The Morgan fingerprint density at radius 1 is 0.623 bits per heavy atom. The van der Waals surface area contributed by atoms with Crippen molar-refractivity contribution in [1.29, 1.82) is 0 Å². The lowest BCUT2D eigenvalue weighted by Gasteiger charge is -2.30. The molecule has 4 aromatic carbocycles. The fourth-order valence-electron chi connectivity index (χ4n) is 7.33. The molecule has 320 valence electrons. The highest BCUT2D eigenvalue weighted by molar-refractivity contribution is 9.10. The van der Waals surface area contributed by atoms with Crippen LogP contribution >= 0.6 is 90.0 Å². The van der Waals surface area contributed by atoms with E-state index in [1.807, 2.05) is 60.7 Å². The van der Waals surface area contributed by atoms with Crippen LogP contribution in [0.1, 0.15) is 50.7 Å². The predicted molar refractivity (Wildman–Crippen MR) is 253 cm³/mol. The smallest absolute Gasteiger partial charge is 0.309 e. The zero-order valence-electron chi connectivity index (χ0n) is 33.3. The Kier molecular flexibility index (Phi) is 16.9. The first-order chi connectivity index (χ1) is 29.3. The SMILES string of the molecule is CCOC(=O)C1CCN(C(=O)C=Cc2c(-c3cccc(Br)c3)cc(Sc3cc(-c4cccc(Br)c4)c(C=CC(=O)N4CCC(C(=O)OCC)CC4)c(Cl)c3Cl)c(Cl)c2Cl)CC1. The van der Waals surface area contributed by atoms with Gasteiger partial charge in [-0.2, -0.15) is 0 Å². The maximum atomic E-state index is 13.4. The van der Waals surface area contributed by atoms with E-state index in [1.54, 1.807) is 35.8 Å². The number of hydrogen-bond donors (Lipinski definition) is 0. The first kappa shape index (κ1) is 47.2. The first-order valence-electron chi connectivity index (χ1n) is 19.8. The van der Waals surface area contributed by atoms with Gasteiger partial charge in [0.25, 0.3) is 0 Å². The second-order valence-corrected chi connectivity index (χ2v) is 18.8. The molecule has 4 aromatic rings. The third kappa shape index (κ3) is 11.6. The van der Waals surface area contributed by atoms with Gasteiger partial charge in [0.15, 0.2) is 0 Å². The van der Waals surface area contributed by atoms with Crippen molar-refractivity contribution in [1.82, 2.24) is 9.80 Å². The van der Waals surface area contributed by atoms with E-state index in [9.17, 15) is 19.2 Å². The van der Waals surface area contributed by atoms with Gasteiger partial charge >= 0.3 is 11.9 Å². The molecule has 2 saturated heterocycles. The summed E-state index contributed by atoms with van der Waals surface area (Å²) in [5, 5.41) is 0.992. The Hall–Kier alpha value is -3.29. The van der Waals surface area contributed by atoms with Crippen molar-refractivity contribution < 1.29 is 28.7 Å². The summed E-state index contributed by atoms with van der Waals surface area (Å²) in [6, 6.07) is 19.3. The van der Waals surface area contributed by atoms with Crippen LogP contribution in [0.15, 0.2) is 91.6 Å². The van der Waals surface area contributed by atoms with Crippen LogP contribution in [-0.4, -0.2) is 72.9 Å². The Morgan fingerprint density at radius 3 is 1.34 bits per heavy atom. The van der Waals surface area contributed by atoms with E-state index in [0.717, 1.165) is 31.2 Å². The number of hydrogen-bond acceptors (Lipinski definition) is 7. The molecule has 2 heterocycles. The van der Waals surface area contributed by atoms with Crippen LogP contribution in [0.3, 0.4) is 0 Å². The van der Waals surface area contributed by atoms with Gasteiger partial charge in [-0.05, 0) is 110 Å². The minimum absolute atomic E-state index is 0.205. The molecular weight excluding hydrogens is 1010 g/mol. The fourth-order valence-corrected chi connectivity index (χ4v) is 10.3. The van der Waals surface area contributed by atoms with E-state index in [1.165, 1.54) is 23.9 Å². The van der Waals surface area contributed by atoms with Gasteiger partial charge in [-0.15, -0.1) is 0 Å². The molecule has 0 aliphatic carbocycles. The Balaban J connectivity index is 1.32. The number of carbonyl (C=O) groups excluding carboxylic acids is 4. The molecule has 0 radical (unpaired) electrons. The molecule has 0 saturated carbocycles. The lowest BCUT2D eigenvalue weighted by atomic mass is 9.96. The molecule has 2 amide bonds. The second kappa shape index (κ2) is 21.9. The summed E-state index contributed by atoms with van der Waals surface area (Å²) in [5.74, 6) is -1.30. The van der Waals surface area contributed by atoms with Gasteiger partial charge in [0.1, 0.15) is 0 Å². The van der Waals surface area contributed by atoms with E-state index in [4.69, 9.17) is 55.9 Å². The third-order valence-corrected chi connectivity index (χ3v) is 14.6. The number of esters is 2. The van der Waals surface area contributed by atoms with E-state index in [-0.39, 0.29) is 55.7 Å². The van der Waals surface area contributed by atoms with E-state index >= 15 is 0 Å². The monoisotopic (exact) mass is 1050 g/mol. The average Bonchev–Trinajstić information content (AvgIpc) is 3.26. The topological polar surface area (TPSA) is 93.2 Å². The summed E-state index contributed by atoms with van der Waals surface area (Å²) in [6.07, 6.45) is 8.46. The van der Waals surface area contributed by atoms with Crippen LogP contribution in [-0.2, 0) is 28.7 Å². The van der Waals surface area contributed by atoms with E-state index in [0.29, 0.717) is 86.0 Å². The maximum absolute atomic E-state index is 13.4. The van der Waals surface area contributed by atoms with Crippen LogP contribution in [0.5, 0.6) is 0 Å². The van der Waals surface area contributed by atoms with Crippen molar-refractivity contribution in [3.05, 3.63) is 113 Å². The molecule has 6 rings (SSSR count). The number of ether oxygens (including phenoxy) is 2. The number of nitrogens with zero attached hydrogens (tertiary/aromatic N) is 2. The van der Waals surface area contributed by atoms with E-state index in [2.05, 4.69) is 31.9 Å². The molecule has 0 atom stereocenters. The lowest BCUT2D eigenvalue weighted by molar-refractivity contribution is -0.151. The summed E-state index contributed by atoms with van der Waals surface area (Å²) in [7, 11) is 0. The molecule has 2 aliphatic heterocycles. The zero-order valence-corrected chi connectivity index (χ0v) is 40.3. The van der Waals surface area contributed by atoms with Crippen LogP contribution in [0.4, 0.5) is 0 Å². The highest BCUT2D eigenvalue weighted by Crippen LogP contribution is 2.49. The van der Waals surface area contributed by atoms with Gasteiger partial charge in [-0.3, -0.25) is 19.2 Å². The fraction of sp³-hybridized carbons (Fsp3) is 0.304. The van der Waals surface area contributed by atoms with Crippen molar-refractivity contribution in [2.45, 2.75) is 49.3 Å². The molecule has 0 aromatic heterocycles. The number of halogens is 6. The second-order valence-electron chi connectivity index (χ2n) is 14.4. The Morgan fingerprint density at radius 2 is 1.00 bits per heavy atom. The normalized spacial score (nSPS) is 15.1. The standard InChI is InChI=1S/C46H42Br2Cl4N2O6S/c1-3-59-45(57)27-15-19-53(20-16-27)39(55)13-11-33-35(29-7-5-9-31(47)23-29)25-37(43(51)41(33)49)61-38-26-36(30-8-6-10-32(48)24-30)34(42(50)44(38)52)12-14-40(56)54-21-17-28(18-22-54)46(58)60-4-2/h5-14,23-28H,3-4,15-22H2,1-2H3. The number of rotatable bonds is 12. The van der Waals surface area contributed by atoms with Crippen LogP contribution in [0, 0.1) is 11.8 Å².